The number of hydrogen-bond acceptors (Lipinski definition) is 5. The molecule has 0 amide bonds. The first-order chi connectivity index (χ1) is 17.2. The molecule has 0 spiro atoms. The first kappa shape index (κ1) is 31.6. The van der Waals surface area contributed by atoms with Crippen molar-refractivity contribution in [3.8, 4) is 11.5 Å². The fourth-order valence-electron chi connectivity index (χ4n) is 2.89. The van der Waals surface area contributed by atoms with Gasteiger partial charge in [0.1, 0.15) is 19.8 Å². The quantitative estimate of drug-likeness (QED) is 0.177. The summed E-state index contributed by atoms with van der Waals surface area (Å²) in [5.41, 5.74) is 0. The van der Waals surface area contributed by atoms with E-state index in [-0.39, 0.29) is 19.8 Å². The van der Waals surface area contributed by atoms with E-state index in [1.54, 1.807) is 17.0 Å². The Hall–Kier alpha value is -2.60. The van der Waals surface area contributed by atoms with Crippen LogP contribution in [0.15, 0.2) is 12.4 Å². The van der Waals surface area contributed by atoms with E-state index in [9.17, 15) is 61.9 Å². The topological polar surface area (TPSA) is 58.9 Å². The Labute approximate surface area is 204 Å². The largest absolute Gasteiger partial charge is 0.485 e. The van der Waals surface area contributed by atoms with Crippen LogP contribution in [0, 0.1) is 0 Å². The van der Waals surface area contributed by atoms with E-state index < -0.39 is 61.2 Å². The van der Waals surface area contributed by atoms with Crippen LogP contribution in [-0.4, -0.2) is 79.4 Å². The maximum absolute atomic E-state index is 13.7. The molecule has 2 rings (SSSR count). The van der Waals surface area contributed by atoms with Crippen molar-refractivity contribution in [1.82, 2.24) is 4.57 Å². The number of nitrogens with zero attached hydrogens (tertiary/aromatic N) is 1. The van der Waals surface area contributed by atoms with Crippen LogP contribution < -0.4 is 9.47 Å². The highest BCUT2D eigenvalue weighted by molar-refractivity contribution is 5.69. The van der Waals surface area contributed by atoms with Gasteiger partial charge in [0, 0.05) is 13.0 Å². The number of hydrogen-bond donors (Lipinski definition) is 0. The minimum atomic E-state index is -7.98. The summed E-state index contributed by atoms with van der Waals surface area (Å²) in [6.45, 7) is -0.0382. The highest BCUT2D eigenvalue weighted by Gasteiger charge is 2.90. The Morgan fingerprint density at radius 3 is 1.74 bits per heavy atom. The van der Waals surface area contributed by atoms with Gasteiger partial charge in [0.05, 0.1) is 32.0 Å². The predicted molar refractivity (Wildman–Crippen MR) is 97.2 cm³/mol. The van der Waals surface area contributed by atoms with E-state index in [1.165, 1.54) is 0 Å². The molecule has 0 aliphatic carbocycles. The van der Waals surface area contributed by atoms with Crippen molar-refractivity contribution < 1.29 is 80.8 Å². The molecule has 0 saturated carbocycles. The molecule has 0 saturated heterocycles. The minimum absolute atomic E-state index is 0.0151. The van der Waals surface area contributed by atoms with E-state index >= 15 is 0 Å². The maximum Gasteiger partial charge on any atom is 0.460 e. The smallest absolute Gasteiger partial charge is 0.460 e. The molecule has 0 bridgehead atoms. The molecule has 1 aliphatic heterocycles. The normalized spacial score (nSPS) is 15.5. The Kier molecular flexibility index (Phi) is 9.05. The lowest BCUT2D eigenvalue weighted by Gasteiger charge is -2.39. The Balaban J connectivity index is 1.83. The number of alkyl halides is 13. The van der Waals surface area contributed by atoms with Crippen molar-refractivity contribution in [3.05, 3.63) is 12.4 Å². The van der Waals surface area contributed by atoms with Crippen molar-refractivity contribution >= 4 is 5.97 Å². The van der Waals surface area contributed by atoms with Gasteiger partial charge in [-0.3, -0.25) is 4.79 Å². The fourth-order valence-corrected chi connectivity index (χ4v) is 2.89. The van der Waals surface area contributed by atoms with Gasteiger partial charge >= 0.3 is 41.8 Å². The third kappa shape index (κ3) is 6.01. The molecule has 0 fully saturated rings. The van der Waals surface area contributed by atoms with Crippen LogP contribution in [0.25, 0.3) is 0 Å². The molecule has 38 heavy (non-hydrogen) atoms. The van der Waals surface area contributed by atoms with Gasteiger partial charge in [0.25, 0.3) is 0 Å². The molecule has 0 aromatic carbocycles. The summed E-state index contributed by atoms with van der Waals surface area (Å²) >= 11 is 0. The van der Waals surface area contributed by atoms with Gasteiger partial charge in [0.15, 0.2) is 11.5 Å². The Morgan fingerprint density at radius 1 is 0.737 bits per heavy atom. The van der Waals surface area contributed by atoms with E-state index in [0.29, 0.717) is 24.7 Å². The molecule has 0 N–H and O–H groups in total. The summed E-state index contributed by atoms with van der Waals surface area (Å²) in [7, 11) is 0. The van der Waals surface area contributed by atoms with Gasteiger partial charge in [-0.2, -0.15) is 57.1 Å². The van der Waals surface area contributed by atoms with Crippen molar-refractivity contribution in [2.75, 3.05) is 33.0 Å². The zero-order chi connectivity index (χ0) is 29.2. The maximum atomic E-state index is 13.7. The number of fused-ring (bicyclic) bond motifs is 1. The van der Waals surface area contributed by atoms with Gasteiger partial charge in [0.2, 0.25) is 0 Å². The molecule has 1 aliphatic rings. The van der Waals surface area contributed by atoms with Crippen LogP contribution in [0.5, 0.6) is 11.5 Å². The molecule has 1 aromatic rings. The summed E-state index contributed by atoms with van der Waals surface area (Å²) in [6, 6.07) is 0. The summed E-state index contributed by atoms with van der Waals surface area (Å²) in [6.07, 6.45) is -8.75. The average molecular weight is 587 g/mol. The van der Waals surface area contributed by atoms with Crippen molar-refractivity contribution in [2.45, 2.75) is 55.2 Å². The summed E-state index contributed by atoms with van der Waals surface area (Å²) in [4.78, 5) is 11.4. The highest BCUT2D eigenvalue weighted by atomic mass is 19.4. The molecule has 1 aromatic heterocycles. The molecule has 0 unspecified atom stereocenters. The molecule has 0 atom stereocenters. The van der Waals surface area contributed by atoms with Crippen LogP contribution in [0.1, 0.15) is 12.8 Å². The third-order valence-electron chi connectivity index (χ3n) is 5.03. The van der Waals surface area contributed by atoms with E-state index in [1.807, 2.05) is 0 Å². The second-order valence-corrected chi connectivity index (χ2v) is 7.75. The lowest BCUT2D eigenvalue weighted by molar-refractivity contribution is -0.440. The van der Waals surface area contributed by atoms with Gasteiger partial charge in [-0.1, -0.05) is 0 Å². The summed E-state index contributed by atoms with van der Waals surface area (Å²) in [5.74, 6) is -38.2. The molecular formula is C19H18F13NO5. The van der Waals surface area contributed by atoms with Gasteiger partial charge in [-0.15, -0.1) is 0 Å². The molecule has 0 radical (unpaired) electrons. The van der Waals surface area contributed by atoms with Crippen LogP contribution in [0.3, 0.4) is 0 Å². The standard InChI is InChI=1S/C19H18F13NO5/c20-14(21,15(22,23)16(24,25)17(26,27)18(28,29)19(30,31)32)2-1-13(34)38-6-5-35-4-3-33-9-11-12(10-33)37-8-7-36-11/h9-10H,1-8H2. The summed E-state index contributed by atoms with van der Waals surface area (Å²) in [5, 5.41) is 0. The minimum Gasteiger partial charge on any atom is -0.485 e. The number of rotatable bonds is 13. The molecule has 19 heteroatoms. The lowest BCUT2D eigenvalue weighted by Crippen LogP contribution is -2.70. The van der Waals surface area contributed by atoms with Crippen LogP contribution >= 0.6 is 0 Å². The predicted octanol–water partition coefficient (Wildman–Crippen LogP) is 5.34. The average Bonchev–Trinajstić information content (AvgIpc) is 3.21. The first-order valence-electron chi connectivity index (χ1n) is 10.3. The number of ether oxygens (including phenoxy) is 4. The van der Waals surface area contributed by atoms with Crippen molar-refractivity contribution in [2.24, 2.45) is 0 Å². The zero-order valence-electron chi connectivity index (χ0n) is 18.7. The van der Waals surface area contributed by atoms with Crippen molar-refractivity contribution in [3.63, 3.8) is 0 Å². The monoisotopic (exact) mass is 587 g/mol. The molecule has 220 valence electrons. The van der Waals surface area contributed by atoms with E-state index in [4.69, 9.17) is 14.2 Å². The second kappa shape index (κ2) is 10.9. The SMILES string of the molecule is O=C(CCC(F)(F)C(F)(F)C(F)(F)C(F)(F)C(F)(F)C(F)(F)F)OCCOCCn1cc2c(c1)OCCO2. The van der Waals surface area contributed by atoms with Gasteiger partial charge < -0.3 is 23.5 Å². The lowest BCUT2D eigenvalue weighted by atomic mass is 9.92. The van der Waals surface area contributed by atoms with Crippen molar-refractivity contribution in [1.29, 1.82) is 0 Å². The van der Waals surface area contributed by atoms with Gasteiger partial charge in [-0.05, 0) is 0 Å². The number of aromatic nitrogens is 1. The third-order valence-corrected chi connectivity index (χ3v) is 5.03. The Morgan fingerprint density at radius 2 is 1.24 bits per heavy atom. The number of halogens is 13. The molecular weight excluding hydrogens is 569 g/mol. The van der Waals surface area contributed by atoms with Crippen LogP contribution in [0.4, 0.5) is 57.1 Å². The van der Waals surface area contributed by atoms with E-state index in [2.05, 4.69) is 4.74 Å². The zero-order valence-corrected chi connectivity index (χ0v) is 18.7. The second-order valence-electron chi connectivity index (χ2n) is 7.75. The van der Waals surface area contributed by atoms with Gasteiger partial charge in [-0.25, -0.2) is 0 Å². The summed E-state index contributed by atoms with van der Waals surface area (Å²) < 4.78 is 191. The number of esters is 1. The molecule has 2 heterocycles. The highest BCUT2D eigenvalue weighted by Crippen LogP contribution is 2.60. The van der Waals surface area contributed by atoms with Crippen LogP contribution in [-0.2, 0) is 20.8 Å². The number of carbonyl (C=O) groups excluding carboxylic acids is 1. The fraction of sp³-hybridized carbons (Fsp3) is 0.737. The molecule has 6 nitrogen and oxygen atoms in total. The first-order valence-corrected chi connectivity index (χ1v) is 10.3. The van der Waals surface area contributed by atoms with E-state index in [0.717, 1.165) is 0 Å². The van der Waals surface area contributed by atoms with Crippen LogP contribution in [0.2, 0.25) is 0 Å². The number of carbonyl (C=O) groups is 1. The Bertz CT molecular complexity index is 938.